The van der Waals surface area contributed by atoms with Gasteiger partial charge in [0, 0.05) is 30.4 Å². The molecule has 0 saturated heterocycles. The quantitative estimate of drug-likeness (QED) is 0.910. The maximum Gasteiger partial charge on any atom is 0.407 e. The van der Waals surface area contributed by atoms with Crippen molar-refractivity contribution >= 4 is 6.09 Å². The third-order valence-electron chi connectivity index (χ3n) is 2.97. The summed E-state index contributed by atoms with van der Waals surface area (Å²) in [6.45, 7) is 8.28. The van der Waals surface area contributed by atoms with E-state index in [2.05, 4.69) is 14.9 Å². The number of hydrogen-bond acceptors (Lipinski definition) is 3. The summed E-state index contributed by atoms with van der Waals surface area (Å²) in [6, 6.07) is 0.0153. The number of rotatable bonds is 4. The fourth-order valence-electron chi connectivity index (χ4n) is 2.05. The van der Waals surface area contributed by atoms with Crippen molar-refractivity contribution in [3.8, 4) is 0 Å². The molecule has 0 bridgehead atoms. The topological polar surface area (TPSA) is 56.2 Å². The average Bonchev–Trinajstić information content (AvgIpc) is 2.97. The van der Waals surface area contributed by atoms with Gasteiger partial charge in [0.1, 0.15) is 5.60 Å². The second kappa shape index (κ2) is 5.23. The molecule has 5 nitrogen and oxygen atoms in total. The Balaban J connectivity index is 1.85. The van der Waals surface area contributed by atoms with Crippen LogP contribution in [-0.4, -0.2) is 27.3 Å². The molecule has 1 N–H and O–H groups in total. The van der Waals surface area contributed by atoms with Crippen LogP contribution in [0.15, 0.2) is 12.5 Å². The number of nitrogens with zero attached hydrogens (tertiary/aromatic N) is 2. The van der Waals surface area contributed by atoms with E-state index < -0.39 is 5.60 Å². The number of nitrogens with one attached hydrogen (secondary N) is 1. The van der Waals surface area contributed by atoms with Crippen LogP contribution in [0, 0.1) is 0 Å². The van der Waals surface area contributed by atoms with Crippen molar-refractivity contribution in [3.63, 3.8) is 0 Å². The zero-order valence-corrected chi connectivity index (χ0v) is 12.1. The second-order valence-electron chi connectivity index (χ2n) is 6.29. The number of carbonyl (C=O) groups is 1. The van der Waals surface area contributed by atoms with Crippen molar-refractivity contribution < 1.29 is 9.53 Å². The normalized spacial score (nSPS) is 17.1. The Bertz CT molecular complexity index is 444. The molecular formula is C14H23N3O2. The van der Waals surface area contributed by atoms with E-state index in [0.717, 1.165) is 6.54 Å². The predicted octanol–water partition coefficient (Wildman–Crippen LogP) is 2.67. The molecule has 0 unspecified atom stereocenters. The van der Waals surface area contributed by atoms with Crippen LogP contribution in [-0.2, 0) is 11.3 Å². The van der Waals surface area contributed by atoms with Gasteiger partial charge in [0.25, 0.3) is 0 Å². The molecule has 5 heteroatoms. The molecule has 1 aromatic heterocycles. The van der Waals surface area contributed by atoms with E-state index in [-0.39, 0.29) is 12.1 Å². The third kappa shape index (κ3) is 4.26. The molecule has 1 atom stereocenters. The minimum absolute atomic E-state index is 0.0153. The lowest BCUT2D eigenvalue weighted by Crippen LogP contribution is -2.39. The molecule has 0 radical (unpaired) electrons. The van der Waals surface area contributed by atoms with Gasteiger partial charge in [-0.2, -0.15) is 0 Å². The Kier molecular flexibility index (Phi) is 3.83. The van der Waals surface area contributed by atoms with Gasteiger partial charge in [0.2, 0.25) is 0 Å². The average molecular weight is 265 g/mol. The summed E-state index contributed by atoms with van der Waals surface area (Å²) in [6.07, 6.45) is 5.89. The molecular weight excluding hydrogens is 242 g/mol. The van der Waals surface area contributed by atoms with Gasteiger partial charge in [0.15, 0.2) is 0 Å². The summed E-state index contributed by atoms with van der Waals surface area (Å²) in [5.74, 6) is 0.663. The number of ether oxygens (including phenoxy) is 1. The van der Waals surface area contributed by atoms with Crippen molar-refractivity contribution in [2.45, 2.75) is 64.6 Å². The molecule has 1 aromatic rings. The van der Waals surface area contributed by atoms with E-state index in [1.54, 1.807) is 0 Å². The highest BCUT2D eigenvalue weighted by Gasteiger charge is 2.27. The third-order valence-corrected chi connectivity index (χ3v) is 2.97. The Morgan fingerprint density at radius 2 is 2.26 bits per heavy atom. The highest BCUT2D eigenvalue weighted by atomic mass is 16.6. The predicted molar refractivity (Wildman–Crippen MR) is 73.0 cm³/mol. The smallest absolute Gasteiger partial charge is 0.407 e. The lowest BCUT2D eigenvalue weighted by molar-refractivity contribution is 0.0504. The SMILES string of the molecule is C[C@H](Cn1cncc1C1CC1)NC(=O)OC(C)(C)C. The van der Waals surface area contributed by atoms with Crippen molar-refractivity contribution in [2.75, 3.05) is 0 Å². The maximum atomic E-state index is 11.7. The highest BCUT2D eigenvalue weighted by Crippen LogP contribution is 2.39. The highest BCUT2D eigenvalue weighted by molar-refractivity contribution is 5.67. The van der Waals surface area contributed by atoms with Crippen molar-refractivity contribution in [3.05, 3.63) is 18.2 Å². The summed E-state index contributed by atoms with van der Waals surface area (Å²) in [7, 11) is 0. The molecule has 1 fully saturated rings. The molecule has 1 aliphatic carbocycles. The molecule has 1 heterocycles. The van der Waals surface area contributed by atoms with E-state index >= 15 is 0 Å². The standard InChI is InChI=1S/C14H23N3O2/c1-10(16-13(18)19-14(2,3)4)8-17-9-15-7-12(17)11-5-6-11/h7,9-11H,5-6,8H2,1-4H3,(H,16,18)/t10-/m1/s1. The zero-order valence-electron chi connectivity index (χ0n) is 12.1. The number of alkyl carbamates (subject to hydrolysis) is 1. The van der Waals surface area contributed by atoms with Crippen LogP contribution in [0.5, 0.6) is 0 Å². The van der Waals surface area contributed by atoms with E-state index in [9.17, 15) is 4.79 Å². The largest absolute Gasteiger partial charge is 0.444 e. The first kappa shape index (κ1) is 13.9. The van der Waals surface area contributed by atoms with Crippen LogP contribution in [0.2, 0.25) is 0 Å². The minimum atomic E-state index is -0.460. The van der Waals surface area contributed by atoms with Gasteiger partial charge >= 0.3 is 6.09 Å². The van der Waals surface area contributed by atoms with E-state index in [1.165, 1.54) is 18.5 Å². The van der Waals surface area contributed by atoms with Gasteiger partial charge in [-0.3, -0.25) is 0 Å². The van der Waals surface area contributed by atoms with Crippen molar-refractivity contribution in [2.24, 2.45) is 0 Å². The summed E-state index contributed by atoms with van der Waals surface area (Å²) < 4.78 is 7.37. The van der Waals surface area contributed by atoms with Gasteiger partial charge in [-0.05, 0) is 40.5 Å². The molecule has 2 rings (SSSR count). The van der Waals surface area contributed by atoms with Gasteiger partial charge in [-0.15, -0.1) is 0 Å². The number of carbonyl (C=O) groups excluding carboxylic acids is 1. The minimum Gasteiger partial charge on any atom is -0.444 e. The lowest BCUT2D eigenvalue weighted by Gasteiger charge is -2.22. The first-order chi connectivity index (χ1) is 8.85. The first-order valence-corrected chi connectivity index (χ1v) is 6.84. The van der Waals surface area contributed by atoms with Gasteiger partial charge < -0.3 is 14.6 Å². The van der Waals surface area contributed by atoms with Gasteiger partial charge in [-0.25, -0.2) is 9.78 Å². The zero-order chi connectivity index (χ0) is 14.0. The summed E-state index contributed by atoms with van der Waals surface area (Å²) >= 11 is 0. The Labute approximate surface area is 114 Å². The fourth-order valence-corrected chi connectivity index (χ4v) is 2.05. The van der Waals surface area contributed by atoms with Gasteiger partial charge in [-0.1, -0.05) is 0 Å². The molecule has 0 aromatic carbocycles. The van der Waals surface area contributed by atoms with E-state index in [1.807, 2.05) is 40.2 Å². The summed E-state index contributed by atoms with van der Waals surface area (Å²) in [5, 5.41) is 2.85. The fraction of sp³-hybridized carbons (Fsp3) is 0.714. The van der Waals surface area contributed by atoms with Crippen LogP contribution in [0.1, 0.15) is 52.1 Å². The van der Waals surface area contributed by atoms with Crippen LogP contribution in [0.3, 0.4) is 0 Å². The Hall–Kier alpha value is -1.52. The number of imidazole rings is 1. The van der Waals surface area contributed by atoms with Crippen LogP contribution in [0.4, 0.5) is 4.79 Å². The molecule has 1 saturated carbocycles. The summed E-state index contributed by atoms with van der Waals surface area (Å²) in [4.78, 5) is 15.9. The monoisotopic (exact) mass is 265 g/mol. The Morgan fingerprint density at radius 3 is 2.84 bits per heavy atom. The van der Waals surface area contributed by atoms with Crippen LogP contribution < -0.4 is 5.32 Å². The van der Waals surface area contributed by atoms with Crippen LogP contribution >= 0.6 is 0 Å². The molecule has 106 valence electrons. The molecule has 1 amide bonds. The maximum absolute atomic E-state index is 11.7. The Morgan fingerprint density at radius 1 is 1.58 bits per heavy atom. The van der Waals surface area contributed by atoms with Crippen molar-refractivity contribution in [1.29, 1.82) is 0 Å². The molecule has 0 spiro atoms. The van der Waals surface area contributed by atoms with E-state index in [4.69, 9.17) is 4.74 Å². The van der Waals surface area contributed by atoms with Gasteiger partial charge in [0.05, 0.1) is 6.33 Å². The number of amides is 1. The van der Waals surface area contributed by atoms with Crippen LogP contribution in [0.25, 0.3) is 0 Å². The second-order valence-corrected chi connectivity index (χ2v) is 6.29. The molecule has 19 heavy (non-hydrogen) atoms. The molecule has 0 aliphatic heterocycles. The first-order valence-electron chi connectivity index (χ1n) is 6.84. The number of aromatic nitrogens is 2. The van der Waals surface area contributed by atoms with E-state index in [0.29, 0.717) is 5.92 Å². The lowest BCUT2D eigenvalue weighted by atomic mass is 10.2. The van der Waals surface area contributed by atoms with Crippen molar-refractivity contribution in [1.82, 2.24) is 14.9 Å². The molecule has 1 aliphatic rings. The number of hydrogen-bond donors (Lipinski definition) is 1. The summed E-state index contributed by atoms with van der Waals surface area (Å²) in [5.41, 5.74) is 0.815.